The van der Waals surface area contributed by atoms with E-state index in [0.29, 0.717) is 0 Å². The number of rotatable bonds is 5. The SMILES string of the molecule is CN(CCN(C)C(C)(C)C)Cc1ccccc1. The van der Waals surface area contributed by atoms with Crippen molar-refractivity contribution < 1.29 is 0 Å². The molecule has 0 spiro atoms. The molecule has 0 radical (unpaired) electrons. The minimum absolute atomic E-state index is 0.258. The molecule has 0 aromatic heterocycles. The highest BCUT2D eigenvalue weighted by Gasteiger charge is 2.16. The molecule has 0 aliphatic heterocycles. The molecule has 1 rings (SSSR count). The zero-order chi connectivity index (χ0) is 12.9. The third kappa shape index (κ3) is 5.33. The Morgan fingerprint density at radius 2 is 1.53 bits per heavy atom. The van der Waals surface area contributed by atoms with Crippen molar-refractivity contribution in [3.8, 4) is 0 Å². The molecule has 0 aliphatic carbocycles. The van der Waals surface area contributed by atoms with Gasteiger partial charge in [-0.05, 0) is 40.4 Å². The second-order valence-electron chi connectivity index (χ2n) is 5.82. The molecule has 17 heavy (non-hydrogen) atoms. The van der Waals surface area contributed by atoms with Crippen LogP contribution >= 0.6 is 0 Å². The highest BCUT2D eigenvalue weighted by Crippen LogP contribution is 2.10. The van der Waals surface area contributed by atoms with Crippen LogP contribution in [0.4, 0.5) is 0 Å². The van der Waals surface area contributed by atoms with Gasteiger partial charge in [0, 0.05) is 25.2 Å². The summed E-state index contributed by atoms with van der Waals surface area (Å²) in [6.45, 7) is 9.99. The molecule has 2 nitrogen and oxygen atoms in total. The first-order valence-electron chi connectivity index (χ1n) is 6.33. The van der Waals surface area contributed by atoms with E-state index in [4.69, 9.17) is 0 Å². The van der Waals surface area contributed by atoms with Gasteiger partial charge in [0.25, 0.3) is 0 Å². The van der Waals surface area contributed by atoms with E-state index in [0.717, 1.165) is 19.6 Å². The Morgan fingerprint density at radius 1 is 0.941 bits per heavy atom. The summed E-state index contributed by atoms with van der Waals surface area (Å²) in [5.41, 5.74) is 1.64. The van der Waals surface area contributed by atoms with E-state index in [9.17, 15) is 0 Å². The van der Waals surface area contributed by atoms with Gasteiger partial charge in [0.15, 0.2) is 0 Å². The van der Waals surface area contributed by atoms with Crippen LogP contribution in [0.2, 0.25) is 0 Å². The minimum atomic E-state index is 0.258. The first-order chi connectivity index (χ1) is 7.89. The molecule has 1 aromatic rings. The van der Waals surface area contributed by atoms with Crippen molar-refractivity contribution in [3.63, 3.8) is 0 Å². The van der Waals surface area contributed by atoms with E-state index in [-0.39, 0.29) is 5.54 Å². The summed E-state index contributed by atoms with van der Waals surface area (Å²) in [6, 6.07) is 10.6. The number of hydrogen-bond donors (Lipinski definition) is 0. The number of nitrogens with zero attached hydrogens (tertiary/aromatic N) is 2. The lowest BCUT2D eigenvalue weighted by Gasteiger charge is -2.33. The Bertz CT molecular complexity index is 313. The monoisotopic (exact) mass is 234 g/mol. The van der Waals surface area contributed by atoms with Crippen LogP contribution in [-0.2, 0) is 6.54 Å². The minimum Gasteiger partial charge on any atom is -0.301 e. The molecule has 0 heterocycles. The van der Waals surface area contributed by atoms with Crippen LogP contribution < -0.4 is 0 Å². The molecule has 0 aliphatic rings. The molecule has 0 N–H and O–H groups in total. The summed E-state index contributed by atoms with van der Waals surface area (Å²) in [5.74, 6) is 0. The smallest absolute Gasteiger partial charge is 0.0231 e. The van der Waals surface area contributed by atoms with Crippen molar-refractivity contribution in [1.82, 2.24) is 9.80 Å². The summed E-state index contributed by atoms with van der Waals surface area (Å²) in [4.78, 5) is 4.77. The molecule has 0 fully saturated rings. The van der Waals surface area contributed by atoms with Crippen LogP contribution in [-0.4, -0.2) is 42.5 Å². The second kappa shape index (κ2) is 6.18. The van der Waals surface area contributed by atoms with Gasteiger partial charge in [0.2, 0.25) is 0 Å². The molecule has 96 valence electrons. The lowest BCUT2D eigenvalue weighted by atomic mass is 10.1. The van der Waals surface area contributed by atoms with Crippen molar-refractivity contribution >= 4 is 0 Å². The zero-order valence-electron chi connectivity index (χ0n) is 11.9. The maximum absolute atomic E-state index is 2.40. The first-order valence-corrected chi connectivity index (χ1v) is 6.33. The Kier molecular flexibility index (Phi) is 5.16. The fourth-order valence-corrected chi connectivity index (χ4v) is 1.63. The summed E-state index contributed by atoms with van der Waals surface area (Å²) in [7, 11) is 4.37. The maximum Gasteiger partial charge on any atom is 0.0231 e. The van der Waals surface area contributed by atoms with Gasteiger partial charge in [0.1, 0.15) is 0 Å². The van der Waals surface area contributed by atoms with E-state index < -0.39 is 0 Å². The molecular weight excluding hydrogens is 208 g/mol. The standard InChI is InChI=1S/C15H26N2/c1-15(2,3)17(5)12-11-16(4)13-14-9-7-6-8-10-14/h6-10H,11-13H2,1-5H3. The van der Waals surface area contributed by atoms with Gasteiger partial charge in [-0.1, -0.05) is 30.3 Å². The lowest BCUT2D eigenvalue weighted by molar-refractivity contribution is 0.153. The van der Waals surface area contributed by atoms with Gasteiger partial charge < -0.3 is 9.80 Å². The van der Waals surface area contributed by atoms with Gasteiger partial charge in [-0.25, -0.2) is 0 Å². The van der Waals surface area contributed by atoms with Gasteiger partial charge in [0.05, 0.1) is 0 Å². The van der Waals surface area contributed by atoms with Crippen LogP contribution in [0.15, 0.2) is 30.3 Å². The molecular formula is C15H26N2. The Hall–Kier alpha value is -0.860. The van der Waals surface area contributed by atoms with Gasteiger partial charge in [-0.15, -0.1) is 0 Å². The van der Waals surface area contributed by atoms with E-state index in [2.05, 4.69) is 75.0 Å². The Labute approximate surface area is 106 Å². The highest BCUT2D eigenvalue weighted by atomic mass is 15.2. The Balaban J connectivity index is 2.33. The number of benzene rings is 1. The average Bonchev–Trinajstić information content (AvgIpc) is 2.26. The molecule has 0 bridgehead atoms. The van der Waals surface area contributed by atoms with Crippen LogP contribution in [0.1, 0.15) is 26.3 Å². The number of hydrogen-bond acceptors (Lipinski definition) is 2. The Morgan fingerprint density at radius 3 is 2.06 bits per heavy atom. The maximum atomic E-state index is 2.40. The van der Waals surface area contributed by atoms with Gasteiger partial charge in [-0.3, -0.25) is 0 Å². The van der Waals surface area contributed by atoms with Crippen LogP contribution in [0.3, 0.4) is 0 Å². The molecule has 0 saturated carbocycles. The average molecular weight is 234 g/mol. The summed E-state index contributed by atoms with van der Waals surface area (Å²) < 4.78 is 0. The molecule has 2 heteroatoms. The topological polar surface area (TPSA) is 6.48 Å². The fraction of sp³-hybridized carbons (Fsp3) is 0.600. The van der Waals surface area contributed by atoms with E-state index in [1.165, 1.54) is 5.56 Å². The van der Waals surface area contributed by atoms with Gasteiger partial charge >= 0.3 is 0 Å². The zero-order valence-corrected chi connectivity index (χ0v) is 11.9. The normalized spacial score (nSPS) is 12.4. The highest BCUT2D eigenvalue weighted by molar-refractivity contribution is 5.14. The molecule has 0 amide bonds. The molecule has 0 saturated heterocycles. The number of likely N-dealkylation sites (N-methyl/N-ethyl adjacent to an activating group) is 2. The molecule has 1 aromatic carbocycles. The molecule has 0 unspecified atom stereocenters. The lowest BCUT2D eigenvalue weighted by Crippen LogP contribution is -2.42. The van der Waals surface area contributed by atoms with Crippen molar-refractivity contribution in [2.75, 3.05) is 27.2 Å². The first kappa shape index (κ1) is 14.2. The largest absolute Gasteiger partial charge is 0.301 e. The van der Waals surface area contributed by atoms with Crippen LogP contribution in [0.25, 0.3) is 0 Å². The summed E-state index contributed by atoms with van der Waals surface area (Å²) >= 11 is 0. The van der Waals surface area contributed by atoms with Crippen LogP contribution in [0, 0.1) is 0 Å². The van der Waals surface area contributed by atoms with Crippen molar-refractivity contribution in [2.24, 2.45) is 0 Å². The third-order valence-corrected chi connectivity index (χ3v) is 3.26. The third-order valence-electron chi connectivity index (χ3n) is 3.26. The van der Waals surface area contributed by atoms with Crippen molar-refractivity contribution in [1.29, 1.82) is 0 Å². The van der Waals surface area contributed by atoms with Gasteiger partial charge in [-0.2, -0.15) is 0 Å². The molecule has 0 atom stereocenters. The van der Waals surface area contributed by atoms with E-state index in [1.54, 1.807) is 0 Å². The van der Waals surface area contributed by atoms with Crippen molar-refractivity contribution in [2.45, 2.75) is 32.9 Å². The van der Waals surface area contributed by atoms with E-state index in [1.807, 2.05) is 0 Å². The quantitative estimate of drug-likeness (QED) is 0.773. The van der Waals surface area contributed by atoms with E-state index >= 15 is 0 Å². The van der Waals surface area contributed by atoms with Crippen LogP contribution in [0.5, 0.6) is 0 Å². The predicted octanol–water partition coefficient (Wildman–Crippen LogP) is 2.85. The second-order valence-corrected chi connectivity index (χ2v) is 5.82. The van der Waals surface area contributed by atoms with Crippen molar-refractivity contribution in [3.05, 3.63) is 35.9 Å². The summed E-state index contributed by atoms with van der Waals surface area (Å²) in [6.07, 6.45) is 0. The summed E-state index contributed by atoms with van der Waals surface area (Å²) in [5, 5.41) is 0. The predicted molar refractivity (Wildman–Crippen MR) is 75.2 cm³/mol. The fourth-order valence-electron chi connectivity index (χ4n) is 1.63.